The van der Waals surface area contributed by atoms with Crippen molar-refractivity contribution >= 4 is 5.97 Å². The highest BCUT2D eigenvalue weighted by Gasteiger charge is 2.72. The fraction of sp³-hybridized carbons (Fsp3) is 0.972. The largest absolute Gasteiger partial charge is 0.479 e. The van der Waals surface area contributed by atoms with Gasteiger partial charge in [-0.25, -0.2) is 4.79 Å². The van der Waals surface area contributed by atoms with Crippen molar-refractivity contribution in [3.63, 3.8) is 0 Å². The smallest absolute Gasteiger partial charge is 0.336 e. The number of fused-ring (bicyclic) bond motifs is 5. The number of aliphatic hydroxyl groups is 7. The number of hydrogen-bond donors (Lipinski definition) is 8. The normalized spacial score (nSPS) is 56.5. The van der Waals surface area contributed by atoms with Crippen molar-refractivity contribution in [1.29, 1.82) is 0 Å². The molecule has 8 N–H and O–H groups in total. The van der Waals surface area contributed by atoms with Gasteiger partial charge in [-0.15, -0.1) is 0 Å². The first-order valence-electron chi connectivity index (χ1n) is 18.1. The van der Waals surface area contributed by atoms with E-state index in [1.54, 1.807) is 13.8 Å². The molecule has 12 heteroatoms. The summed E-state index contributed by atoms with van der Waals surface area (Å²) in [6, 6.07) is 0. The molecule has 0 aromatic carbocycles. The van der Waals surface area contributed by atoms with Crippen LogP contribution < -0.4 is 0 Å². The molecule has 0 bridgehead atoms. The van der Waals surface area contributed by atoms with Crippen LogP contribution >= 0.6 is 0 Å². The maximum atomic E-state index is 13.1. The van der Waals surface area contributed by atoms with Crippen LogP contribution in [0.15, 0.2) is 0 Å². The molecule has 0 radical (unpaired) electrons. The summed E-state index contributed by atoms with van der Waals surface area (Å²) in [6.07, 6.45) is -3.61. The number of ether oxygens (including phenoxy) is 3. The van der Waals surface area contributed by atoms with Gasteiger partial charge in [0.25, 0.3) is 0 Å². The van der Waals surface area contributed by atoms with Gasteiger partial charge in [0.2, 0.25) is 0 Å². The van der Waals surface area contributed by atoms with Gasteiger partial charge in [0.15, 0.2) is 11.9 Å². The zero-order chi connectivity index (χ0) is 35.4. The van der Waals surface area contributed by atoms with Crippen LogP contribution in [0.2, 0.25) is 0 Å². The Bertz CT molecular complexity index is 1230. The molecule has 6 fully saturated rings. The molecule has 17 atom stereocenters. The quantitative estimate of drug-likeness (QED) is 0.188. The highest BCUT2D eigenvalue weighted by atomic mass is 16.7. The number of aliphatic carboxylic acids is 1. The lowest BCUT2D eigenvalue weighted by molar-refractivity contribution is -0.334. The number of hydrogen-bond acceptors (Lipinski definition) is 11. The van der Waals surface area contributed by atoms with Gasteiger partial charge in [-0.05, 0) is 99.2 Å². The van der Waals surface area contributed by atoms with E-state index in [-0.39, 0.29) is 47.0 Å². The van der Waals surface area contributed by atoms with E-state index in [1.807, 2.05) is 6.92 Å². The van der Waals surface area contributed by atoms with Crippen LogP contribution in [0, 0.1) is 45.3 Å². The van der Waals surface area contributed by atoms with Gasteiger partial charge in [0, 0.05) is 17.8 Å². The minimum Gasteiger partial charge on any atom is -0.479 e. The Labute approximate surface area is 283 Å². The summed E-state index contributed by atoms with van der Waals surface area (Å²) in [5, 5.41) is 84.4. The topological polar surface area (TPSA) is 207 Å². The molecule has 6 aliphatic rings. The van der Waals surface area contributed by atoms with E-state index in [2.05, 4.69) is 20.8 Å². The predicted octanol–water partition coefficient (Wildman–Crippen LogP) is 1.57. The molecule has 2 heterocycles. The third-order valence-electron chi connectivity index (χ3n) is 15.6. The van der Waals surface area contributed by atoms with E-state index in [1.165, 1.54) is 0 Å². The summed E-state index contributed by atoms with van der Waals surface area (Å²) >= 11 is 0. The van der Waals surface area contributed by atoms with Crippen LogP contribution in [0.5, 0.6) is 0 Å². The minimum absolute atomic E-state index is 0.0586. The van der Waals surface area contributed by atoms with Crippen LogP contribution in [0.1, 0.15) is 99.3 Å². The molecular weight excluding hydrogens is 624 g/mol. The molecule has 2 saturated heterocycles. The highest BCUT2D eigenvalue weighted by Crippen LogP contribution is 2.76. The van der Waals surface area contributed by atoms with E-state index in [0.29, 0.717) is 18.8 Å². The Morgan fingerprint density at radius 3 is 2.04 bits per heavy atom. The van der Waals surface area contributed by atoms with Crippen molar-refractivity contribution in [3.05, 3.63) is 0 Å². The molecule has 4 saturated carbocycles. The average Bonchev–Trinajstić information content (AvgIpc) is 3.39. The van der Waals surface area contributed by atoms with Crippen molar-refractivity contribution < 1.29 is 59.9 Å². The second-order valence-corrected chi connectivity index (χ2v) is 18.0. The van der Waals surface area contributed by atoms with Crippen molar-refractivity contribution in [2.45, 2.75) is 160 Å². The first-order chi connectivity index (χ1) is 22.3. The molecule has 2 aliphatic heterocycles. The van der Waals surface area contributed by atoms with Gasteiger partial charge < -0.3 is 55.1 Å². The second-order valence-electron chi connectivity index (χ2n) is 18.0. The Morgan fingerprint density at radius 2 is 1.44 bits per heavy atom. The Hall–Kier alpha value is -0.930. The SMILES string of the molecule is CC1(C)O[C@](C(=O)O)([C@H]2CC[C@]3(C)[C@@H]2CC[C@@H]2[C@@]4(C)CC[C@H](O[C@@H]5O[C@H](CO)[C@@H](O)[C@H](O)[C@H]5O)[C@](C)(CO)[C@@H]4CC[C@]23C)C[C@H](O)[C@@H]1O. The third-order valence-corrected chi connectivity index (χ3v) is 15.6. The maximum absolute atomic E-state index is 13.1. The summed E-state index contributed by atoms with van der Waals surface area (Å²) in [7, 11) is 0. The van der Waals surface area contributed by atoms with Crippen LogP contribution in [-0.2, 0) is 19.0 Å². The first kappa shape index (κ1) is 36.8. The molecule has 0 aromatic rings. The number of rotatable bonds is 6. The molecule has 0 amide bonds. The fourth-order valence-electron chi connectivity index (χ4n) is 12.8. The summed E-state index contributed by atoms with van der Waals surface area (Å²) in [5.41, 5.74) is -3.99. The molecule has 4 aliphatic carbocycles. The molecule has 0 unspecified atom stereocenters. The number of carbonyl (C=O) groups is 1. The van der Waals surface area contributed by atoms with E-state index < -0.39 is 78.2 Å². The lowest BCUT2D eigenvalue weighted by Crippen LogP contribution is -2.68. The van der Waals surface area contributed by atoms with Crippen molar-refractivity contribution in [1.82, 2.24) is 0 Å². The van der Waals surface area contributed by atoms with Gasteiger partial charge in [0.1, 0.15) is 30.5 Å². The van der Waals surface area contributed by atoms with E-state index in [4.69, 9.17) is 14.2 Å². The monoisotopic (exact) mass is 684 g/mol. The summed E-state index contributed by atoms with van der Waals surface area (Å²) < 4.78 is 18.5. The summed E-state index contributed by atoms with van der Waals surface area (Å²) in [6.45, 7) is 11.7. The van der Waals surface area contributed by atoms with Crippen LogP contribution in [0.3, 0.4) is 0 Å². The van der Waals surface area contributed by atoms with Gasteiger partial charge >= 0.3 is 5.97 Å². The first-order valence-corrected chi connectivity index (χ1v) is 18.1. The van der Waals surface area contributed by atoms with E-state index >= 15 is 0 Å². The minimum atomic E-state index is -1.59. The average molecular weight is 685 g/mol. The van der Waals surface area contributed by atoms with Crippen molar-refractivity contribution in [2.75, 3.05) is 13.2 Å². The Kier molecular flexibility index (Phi) is 9.26. The highest BCUT2D eigenvalue weighted by molar-refractivity contribution is 5.78. The van der Waals surface area contributed by atoms with Gasteiger partial charge in [0.05, 0.1) is 31.0 Å². The van der Waals surface area contributed by atoms with E-state index in [9.17, 15) is 45.6 Å². The zero-order valence-electron chi connectivity index (χ0n) is 29.4. The zero-order valence-corrected chi connectivity index (χ0v) is 29.4. The molecule has 6 rings (SSSR count). The van der Waals surface area contributed by atoms with Gasteiger partial charge in [-0.3, -0.25) is 0 Å². The second kappa shape index (κ2) is 12.1. The lowest BCUT2D eigenvalue weighted by Gasteiger charge is -2.70. The number of carboxylic acid groups (broad SMARTS) is 1. The molecule has 48 heavy (non-hydrogen) atoms. The lowest BCUT2D eigenvalue weighted by atomic mass is 9.35. The Balaban J connectivity index is 1.27. The van der Waals surface area contributed by atoms with Crippen LogP contribution in [0.25, 0.3) is 0 Å². The van der Waals surface area contributed by atoms with Gasteiger partial charge in [-0.1, -0.05) is 27.7 Å². The Morgan fingerprint density at radius 1 is 0.771 bits per heavy atom. The predicted molar refractivity (Wildman–Crippen MR) is 171 cm³/mol. The molecule has 0 spiro atoms. The standard InChI is InChI=1S/C36H60O12/c1-31(2)28(43)20(39)15-36(48-31,30(44)45)19-9-13-34(5)18(19)7-8-23-32(3)12-11-24(33(4,17-38)22(32)10-14-35(23,34)6)47-29-27(42)26(41)25(40)21(16-37)46-29/h18-29,37-43H,7-17H2,1-6H3,(H,44,45)/t18-,19+,20+,21-,22-,23-,24+,25-,26+,27-,28+,29+,32+,33-,34-,35-,36+/m1/s1. The molecular formula is C36H60O12. The van der Waals surface area contributed by atoms with Crippen molar-refractivity contribution in [2.24, 2.45) is 45.3 Å². The number of aliphatic hydroxyl groups excluding tert-OH is 7. The fourth-order valence-corrected chi connectivity index (χ4v) is 12.8. The number of carboxylic acids is 1. The van der Waals surface area contributed by atoms with E-state index in [0.717, 1.165) is 38.5 Å². The third kappa shape index (κ3) is 4.94. The van der Waals surface area contributed by atoms with Crippen LogP contribution in [-0.4, -0.2) is 120 Å². The van der Waals surface area contributed by atoms with Crippen LogP contribution in [0.4, 0.5) is 0 Å². The van der Waals surface area contributed by atoms with Gasteiger partial charge in [-0.2, -0.15) is 0 Å². The molecule has 0 aromatic heterocycles. The molecule has 276 valence electrons. The molecule has 12 nitrogen and oxygen atoms in total. The summed E-state index contributed by atoms with van der Waals surface area (Å²) in [5.74, 6) is -0.966. The summed E-state index contributed by atoms with van der Waals surface area (Å²) in [4.78, 5) is 13.1. The van der Waals surface area contributed by atoms with Crippen molar-refractivity contribution in [3.8, 4) is 0 Å². The maximum Gasteiger partial charge on any atom is 0.336 e.